The van der Waals surface area contributed by atoms with E-state index in [1.165, 1.54) is 43.1 Å². The molecule has 3 aliphatic heterocycles. The molecular formula is C46H54B3BrO6. The molecule has 0 saturated carbocycles. The minimum absolute atomic E-state index is 0.329. The highest BCUT2D eigenvalue weighted by molar-refractivity contribution is 9.10. The monoisotopic (exact) mass is 814 g/mol. The minimum atomic E-state index is -0.476. The number of hydrogen-bond donors (Lipinski definition) is 0. The van der Waals surface area contributed by atoms with Gasteiger partial charge in [0.2, 0.25) is 0 Å². The lowest BCUT2D eigenvalue weighted by Crippen LogP contribution is -2.41. The summed E-state index contributed by atoms with van der Waals surface area (Å²) in [5, 5.41) is 10.1. The molecule has 3 heterocycles. The van der Waals surface area contributed by atoms with Crippen LogP contribution >= 0.6 is 15.9 Å². The molecule has 0 amide bonds. The lowest BCUT2D eigenvalue weighted by Gasteiger charge is -2.32. The fourth-order valence-corrected chi connectivity index (χ4v) is 7.85. The molecule has 0 spiro atoms. The molecule has 0 unspecified atom stereocenters. The first-order valence-electron chi connectivity index (χ1n) is 19.7. The molecule has 0 bridgehead atoms. The van der Waals surface area contributed by atoms with Crippen molar-refractivity contribution in [2.75, 3.05) is 0 Å². The fraction of sp³-hybridized carbons (Fsp3) is 0.391. The Labute approximate surface area is 342 Å². The molecule has 6 nitrogen and oxygen atoms in total. The lowest BCUT2D eigenvalue weighted by atomic mass is 9.49. The second-order valence-corrected chi connectivity index (χ2v) is 19.0. The van der Waals surface area contributed by atoms with Crippen molar-refractivity contribution >= 4 is 85.6 Å². The summed E-state index contributed by atoms with van der Waals surface area (Å²) in [7, 11) is -1.29. The molecule has 0 N–H and O–H groups in total. The fourth-order valence-electron chi connectivity index (χ4n) is 7.26. The largest absolute Gasteiger partial charge is 0.495 e. The van der Waals surface area contributed by atoms with Gasteiger partial charge in [-0.25, -0.2) is 0 Å². The molecule has 9 rings (SSSR count). The number of hydrogen-bond acceptors (Lipinski definition) is 6. The highest BCUT2D eigenvalue weighted by atomic mass is 79.9. The van der Waals surface area contributed by atoms with Crippen LogP contribution in [0.2, 0.25) is 0 Å². The van der Waals surface area contributed by atoms with Crippen molar-refractivity contribution in [1.82, 2.24) is 0 Å². The van der Waals surface area contributed by atoms with Gasteiger partial charge in [-0.05, 0) is 138 Å². The van der Waals surface area contributed by atoms with Gasteiger partial charge < -0.3 is 27.9 Å². The lowest BCUT2D eigenvalue weighted by molar-refractivity contribution is 0.00578. The maximum atomic E-state index is 6.28. The maximum absolute atomic E-state index is 6.28. The van der Waals surface area contributed by atoms with E-state index in [-0.39, 0.29) is 40.7 Å². The summed E-state index contributed by atoms with van der Waals surface area (Å²) in [6.45, 7) is 24.6. The first-order valence-corrected chi connectivity index (χ1v) is 20.5. The van der Waals surface area contributed by atoms with E-state index in [1.54, 1.807) is 0 Å². The normalized spacial score (nSPS) is 21.3. The van der Waals surface area contributed by atoms with Crippen molar-refractivity contribution in [3.63, 3.8) is 0 Å². The first kappa shape index (κ1) is 41.0. The van der Waals surface area contributed by atoms with E-state index >= 15 is 0 Å². The van der Waals surface area contributed by atoms with Gasteiger partial charge in [-0.2, -0.15) is 0 Å². The van der Waals surface area contributed by atoms with Gasteiger partial charge in [0, 0.05) is 4.47 Å². The third-order valence-corrected chi connectivity index (χ3v) is 13.4. The Bertz CT molecular complexity index is 2330. The van der Waals surface area contributed by atoms with Crippen LogP contribution in [0.1, 0.15) is 83.1 Å². The minimum Gasteiger partial charge on any atom is -0.405 e. The zero-order valence-electron chi connectivity index (χ0n) is 35.0. The molecule has 0 atom stereocenters. The molecule has 3 fully saturated rings. The molecule has 6 aromatic carbocycles. The number of rotatable bonds is 2. The number of halogens is 1. The standard InChI is InChI=1S/C20H21BO2.C14H9Br.C12H24B2O4/c1-19(2)20(3,4)23-21(22-19)18-13-14-9-5-6-10-15(14)16-11-7-8-12-17(16)18;15-14-9-10-5-1-2-6-11(10)12-7-3-4-8-13(12)14;1-9(2)10(3,4)16-13(15-9)14-17-11(5,6)12(7,8)18-14/h5-13H,1-4H3;1-9H;1-8H3. The average Bonchev–Trinajstić information content (AvgIpc) is 3.61. The quantitative estimate of drug-likeness (QED) is 0.128. The molecule has 3 aliphatic rings. The van der Waals surface area contributed by atoms with Crippen LogP contribution in [-0.2, 0) is 27.9 Å². The van der Waals surface area contributed by atoms with Crippen LogP contribution in [0, 0.1) is 0 Å². The molecular weight excluding hydrogens is 761 g/mol. The van der Waals surface area contributed by atoms with E-state index in [0.717, 1.165) is 9.94 Å². The molecule has 0 aliphatic carbocycles. The van der Waals surface area contributed by atoms with Crippen LogP contribution in [0.25, 0.3) is 43.1 Å². The number of benzene rings is 6. The molecule has 10 heteroatoms. The second kappa shape index (κ2) is 14.6. The van der Waals surface area contributed by atoms with Gasteiger partial charge in [0.15, 0.2) is 0 Å². The van der Waals surface area contributed by atoms with Crippen molar-refractivity contribution < 1.29 is 27.9 Å². The Balaban J connectivity index is 0.000000132. The summed E-state index contributed by atoms with van der Waals surface area (Å²) in [5.74, 6) is 0. The summed E-state index contributed by atoms with van der Waals surface area (Å²) in [4.78, 5) is 0. The van der Waals surface area contributed by atoms with Crippen LogP contribution in [0.3, 0.4) is 0 Å². The van der Waals surface area contributed by atoms with Crippen molar-refractivity contribution in [2.45, 2.75) is 117 Å². The van der Waals surface area contributed by atoms with E-state index in [2.05, 4.69) is 153 Å². The molecule has 3 saturated heterocycles. The zero-order chi connectivity index (χ0) is 40.5. The third-order valence-electron chi connectivity index (χ3n) is 12.8. The van der Waals surface area contributed by atoms with E-state index in [9.17, 15) is 0 Å². The summed E-state index contributed by atoms with van der Waals surface area (Å²) in [6, 6.07) is 38.3. The van der Waals surface area contributed by atoms with E-state index in [0.29, 0.717) is 0 Å². The highest BCUT2D eigenvalue weighted by Gasteiger charge is 2.63. The van der Waals surface area contributed by atoms with Crippen LogP contribution in [0.5, 0.6) is 0 Å². The van der Waals surface area contributed by atoms with E-state index in [4.69, 9.17) is 27.9 Å². The van der Waals surface area contributed by atoms with Crippen LogP contribution in [-0.4, -0.2) is 54.7 Å². The van der Waals surface area contributed by atoms with Gasteiger partial charge in [-0.15, -0.1) is 0 Å². The Morgan fingerprint density at radius 3 is 1.09 bits per heavy atom. The predicted octanol–water partition coefficient (Wildman–Crippen LogP) is 11.3. The summed E-state index contributed by atoms with van der Waals surface area (Å²) < 4.78 is 37.6. The first-order chi connectivity index (χ1) is 26.1. The summed E-state index contributed by atoms with van der Waals surface area (Å²) in [6.07, 6.45) is 0. The van der Waals surface area contributed by atoms with Gasteiger partial charge in [0.1, 0.15) is 0 Å². The van der Waals surface area contributed by atoms with Crippen LogP contribution in [0.15, 0.2) is 114 Å². The number of fused-ring (bicyclic) bond motifs is 6. The summed E-state index contributed by atoms with van der Waals surface area (Å²) >= 11 is 3.62. The molecule has 56 heavy (non-hydrogen) atoms. The predicted molar refractivity (Wildman–Crippen MR) is 238 cm³/mol. The van der Waals surface area contributed by atoms with Crippen molar-refractivity contribution in [3.8, 4) is 0 Å². The topological polar surface area (TPSA) is 55.4 Å². The van der Waals surface area contributed by atoms with Gasteiger partial charge in [0.05, 0.1) is 33.6 Å². The van der Waals surface area contributed by atoms with Gasteiger partial charge in [0.25, 0.3) is 0 Å². The van der Waals surface area contributed by atoms with E-state index in [1.807, 2.05) is 55.4 Å². The van der Waals surface area contributed by atoms with Crippen molar-refractivity contribution in [2.24, 2.45) is 0 Å². The van der Waals surface area contributed by atoms with Crippen LogP contribution < -0.4 is 5.46 Å². The molecule has 0 aromatic heterocycles. The molecule has 290 valence electrons. The Kier molecular flexibility index (Phi) is 10.7. The Morgan fingerprint density at radius 1 is 0.357 bits per heavy atom. The van der Waals surface area contributed by atoms with Crippen molar-refractivity contribution in [3.05, 3.63) is 114 Å². The van der Waals surface area contributed by atoms with Gasteiger partial charge in [-0.1, -0.05) is 119 Å². The highest BCUT2D eigenvalue weighted by Crippen LogP contribution is 2.43. The SMILES string of the molecule is Brc1cc2ccccc2c2ccccc12.CC1(C)OB(B2OC(C)(C)C(C)(C)O2)OC1(C)C.CC1(C)OB(c2cc3ccccc3c3ccccc23)OC1(C)C. The van der Waals surface area contributed by atoms with Crippen LogP contribution in [0.4, 0.5) is 0 Å². The van der Waals surface area contributed by atoms with Gasteiger partial charge >= 0.3 is 21.1 Å². The maximum Gasteiger partial charge on any atom is 0.495 e. The van der Waals surface area contributed by atoms with E-state index < -0.39 is 14.0 Å². The Hall–Kier alpha value is -3.21. The van der Waals surface area contributed by atoms with Gasteiger partial charge in [-0.3, -0.25) is 0 Å². The average molecular weight is 815 g/mol. The van der Waals surface area contributed by atoms with Crippen molar-refractivity contribution in [1.29, 1.82) is 0 Å². The Morgan fingerprint density at radius 2 is 0.661 bits per heavy atom. The second-order valence-electron chi connectivity index (χ2n) is 18.2. The molecule has 6 aromatic rings. The zero-order valence-corrected chi connectivity index (χ0v) is 36.5. The smallest absolute Gasteiger partial charge is 0.405 e. The third kappa shape index (κ3) is 7.48. The summed E-state index contributed by atoms with van der Waals surface area (Å²) in [5.41, 5.74) is -0.988. The molecule has 0 radical (unpaired) electrons.